The van der Waals surface area contributed by atoms with Gasteiger partial charge in [0.15, 0.2) is 0 Å². The van der Waals surface area contributed by atoms with Gasteiger partial charge >= 0.3 is 0 Å². The Labute approximate surface area is 95.5 Å². The van der Waals surface area contributed by atoms with Crippen LogP contribution in [0.2, 0.25) is 0 Å². The number of rotatable bonds is 6. The summed E-state index contributed by atoms with van der Waals surface area (Å²) in [5, 5.41) is 3.23. The van der Waals surface area contributed by atoms with Crippen LogP contribution in [-0.2, 0) is 6.42 Å². The molecule has 0 radical (unpaired) electrons. The molecule has 0 aliphatic carbocycles. The van der Waals surface area contributed by atoms with Gasteiger partial charge in [0.1, 0.15) is 0 Å². The average Bonchev–Trinajstić information content (AvgIpc) is 2.58. The first-order chi connectivity index (χ1) is 7.11. The molecule has 0 fully saturated rings. The van der Waals surface area contributed by atoms with E-state index in [9.17, 15) is 0 Å². The molecule has 1 aromatic rings. The van der Waals surface area contributed by atoms with Crippen molar-refractivity contribution < 1.29 is 0 Å². The monoisotopic (exact) mass is 228 g/mol. The Bertz CT molecular complexity index is 285. The van der Waals surface area contributed by atoms with Crippen LogP contribution < -0.4 is 11.3 Å². The minimum atomic E-state index is 0.314. The number of nitrogens with two attached hydrogens (primary N) is 1. The predicted octanol–water partition coefficient (Wildman–Crippen LogP) is 0.778. The number of aromatic nitrogens is 1. The molecule has 0 aromatic carbocycles. The molecule has 0 aliphatic rings. The fourth-order valence-electron chi connectivity index (χ4n) is 1.41. The minimum absolute atomic E-state index is 0.314. The van der Waals surface area contributed by atoms with Crippen molar-refractivity contribution in [2.75, 3.05) is 20.6 Å². The van der Waals surface area contributed by atoms with E-state index in [-0.39, 0.29) is 0 Å². The molecule has 86 valence electrons. The topological polar surface area (TPSA) is 54.2 Å². The molecule has 0 spiro atoms. The maximum atomic E-state index is 5.52. The van der Waals surface area contributed by atoms with Gasteiger partial charge in [-0.1, -0.05) is 0 Å². The Kier molecular flexibility index (Phi) is 5.17. The smallest absolute Gasteiger partial charge is 0.0897 e. The van der Waals surface area contributed by atoms with E-state index in [4.69, 9.17) is 5.84 Å². The molecular formula is C10H20N4S. The Morgan fingerprint density at radius 1 is 1.60 bits per heavy atom. The van der Waals surface area contributed by atoms with Crippen molar-refractivity contribution in [3.8, 4) is 0 Å². The number of hydrogen-bond acceptors (Lipinski definition) is 5. The van der Waals surface area contributed by atoms with Gasteiger partial charge in [-0.2, -0.15) is 0 Å². The highest BCUT2D eigenvalue weighted by Gasteiger charge is 2.09. The third-order valence-electron chi connectivity index (χ3n) is 2.28. The van der Waals surface area contributed by atoms with Crippen molar-refractivity contribution >= 4 is 11.3 Å². The Morgan fingerprint density at radius 3 is 2.80 bits per heavy atom. The summed E-state index contributed by atoms with van der Waals surface area (Å²) in [5.41, 5.74) is 3.99. The van der Waals surface area contributed by atoms with Crippen LogP contribution in [0.15, 0.2) is 5.38 Å². The lowest BCUT2D eigenvalue weighted by Gasteiger charge is -2.17. The lowest BCUT2D eigenvalue weighted by atomic mass is 10.1. The third-order valence-corrected chi connectivity index (χ3v) is 3.10. The van der Waals surface area contributed by atoms with E-state index in [2.05, 4.69) is 34.8 Å². The van der Waals surface area contributed by atoms with Gasteiger partial charge in [0, 0.05) is 17.8 Å². The number of nitrogens with zero attached hydrogens (tertiary/aromatic N) is 2. The van der Waals surface area contributed by atoms with E-state index < -0.39 is 0 Å². The van der Waals surface area contributed by atoms with Crippen LogP contribution in [-0.4, -0.2) is 36.6 Å². The zero-order chi connectivity index (χ0) is 11.3. The fourth-order valence-corrected chi connectivity index (χ4v) is 2.04. The largest absolute Gasteiger partial charge is 0.309 e. The van der Waals surface area contributed by atoms with Crippen molar-refractivity contribution in [2.24, 2.45) is 5.84 Å². The van der Waals surface area contributed by atoms with Gasteiger partial charge in [0.05, 0.1) is 10.7 Å². The Balaban J connectivity index is 2.39. The van der Waals surface area contributed by atoms with Crippen LogP contribution in [0.3, 0.4) is 0 Å². The van der Waals surface area contributed by atoms with Crippen molar-refractivity contribution in [3.05, 3.63) is 16.1 Å². The van der Waals surface area contributed by atoms with Crippen LogP contribution in [0.4, 0.5) is 0 Å². The second-order valence-corrected chi connectivity index (χ2v) is 5.08. The fraction of sp³-hybridized carbons (Fsp3) is 0.700. The molecule has 1 unspecified atom stereocenters. The zero-order valence-electron chi connectivity index (χ0n) is 9.66. The van der Waals surface area contributed by atoms with Gasteiger partial charge in [0.25, 0.3) is 0 Å². The molecule has 0 saturated carbocycles. The van der Waals surface area contributed by atoms with Crippen LogP contribution in [0.1, 0.15) is 17.1 Å². The van der Waals surface area contributed by atoms with Crippen molar-refractivity contribution in [1.82, 2.24) is 15.3 Å². The molecule has 0 saturated heterocycles. The molecule has 1 rings (SSSR count). The first kappa shape index (κ1) is 12.6. The summed E-state index contributed by atoms with van der Waals surface area (Å²) < 4.78 is 0. The molecular weight excluding hydrogens is 208 g/mol. The predicted molar refractivity (Wildman–Crippen MR) is 64.8 cm³/mol. The molecule has 1 heterocycles. The molecule has 3 N–H and O–H groups in total. The van der Waals surface area contributed by atoms with Gasteiger partial charge < -0.3 is 4.90 Å². The lowest BCUT2D eigenvalue weighted by Crippen LogP contribution is -2.38. The summed E-state index contributed by atoms with van der Waals surface area (Å²) in [7, 11) is 4.14. The summed E-state index contributed by atoms with van der Waals surface area (Å²) >= 11 is 1.69. The number of thiazole rings is 1. The summed E-state index contributed by atoms with van der Waals surface area (Å²) in [6.07, 6.45) is 1.95. The van der Waals surface area contributed by atoms with Crippen LogP contribution in [0, 0.1) is 6.92 Å². The van der Waals surface area contributed by atoms with Gasteiger partial charge in [-0.05, 0) is 34.0 Å². The molecule has 5 heteroatoms. The maximum absolute atomic E-state index is 5.52. The Hall–Kier alpha value is -0.490. The number of hydrazine groups is 1. The van der Waals surface area contributed by atoms with E-state index in [1.807, 2.05) is 6.92 Å². The lowest BCUT2D eigenvalue weighted by molar-refractivity contribution is 0.357. The summed E-state index contributed by atoms with van der Waals surface area (Å²) in [5.74, 6) is 5.52. The second kappa shape index (κ2) is 6.17. The van der Waals surface area contributed by atoms with Gasteiger partial charge in [-0.25, -0.2) is 4.98 Å². The first-order valence-electron chi connectivity index (χ1n) is 5.13. The Morgan fingerprint density at radius 2 is 2.33 bits per heavy atom. The third kappa shape index (κ3) is 4.70. The van der Waals surface area contributed by atoms with Crippen molar-refractivity contribution in [2.45, 2.75) is 25.8 Å². The van der Waals surface area contributed by atoms with Crippen molar-refractivity contribution in [1.29, 1.82) is 0 Å². The summed E-state index contributed by atoms with van der Waals surface area (Å²) in [6, 6.07) is 0.314. The summed E-state index contributed by atoms with van der Waals surface area (Å²) in [6.45, 7) is 3.07. The maximum Gasteiger partial charge on any atom is 0.0897 e. The SMILES string of the molecule is Cc1nc(CC(CCN(C)C)NN)cs1. The number of nitrogens with one attached hydrogen (secondary N) is 1. The average molecular weight is 228 g/mol. The van der Waals surface area contributed by atoms with Crippen LogP contribution >= 0.6 is 11.3 Å². The number of hydrogen-bond donors (Lipinski definition) is 2. The van der Waals surface area contributed by atoms with E-state index in [0.717, 1.165) is 30.1 Å². The first-order valence-corrected chi connectivity index (χ1v) is 6.01. The number of aryl methyl sites for hydroxylation is 1. The quantitative estimate of drug-likeness (QED) is 0.558. The highest BCUT2D eigenvalue weighted by molar-refractivity contribution is 7.09. The molecule has 0 amide bonds. The highest BCUT2D eigenvalue weighted by atomic mass is 32.1. The highest BCUT2D eigenvalue weighted by Crippen LogP contribution is 2.10. The molecule has 1 aromatic heterocycles. The molecule has 4 nitrogen and oxygen atoms in total. The normalized spacial score (nSPS) is 13.4. The molecule has 0 aliphatic heterocycles. The molecule has 15 heavy (non-hydrogen) atoms. The van der Waals surface area contributed by atoms with Crippen LogP contribution in [0.25, 0.3) is 0 Å². The second-order valence-electron chi connectivity index (χ2n) is 4.02. The van der Waals surface area contributed by atoms with E-state index in [1.54, 1.807) is 11.3 Å². The molecule has 1 atom stereocenters. The van der Waals surface area contributed by atoms with Gasteiger partial charge in [-0.3, -0.25) is 11.3 Å². The van der Waals surface area contributed by atoms with Gasteiger partial charge in [-0.15, -0.1) is 11.3 Å². The zero-order valence-corrected chi connectivity index (χ0v) is 10.5. The molecule has 0 bridgehead atoms. The standard InChI is InChI=1S/C10H20N4S/c1-8-12-10(7-15-8)6-9(13-11)4-5-14(2)3/h7,9,13H,4-6,11H2,1-3H3. The van der Waals surface area contributed by atoms with E-state index >= 15 is 0 Å². The minimum Gasteiger partial charge on any atom is -0.309 e. The van der Waals surface area contributed by atoms with Gasteiger partial charge in [0.2, 0.25) is 0 Å². The van der Waals surface area contributed by atoms with Crippen molar-refractivity contribution in [3.63, 3.8) is 0 Å². The summed E-state index contributed by atoms with van der Waals surface area (Å²) in [4.78, 5) is 6.60. The van der Waals surface area contributed by atoms with E-state index in [0.29, 0.717) is 6.04 Å². The van der Waals surface area contributed by atoms with Crippen LogP contribution in [0.5, 0.6) is 0 Å². The van der Waals surface area contributed by atoms with E-state index in [1.165, 1.54) is 0 Å².